The molecule has 1 heterocycles. The summed E-state index contributed by atoms with van der Waals surface area (Å²) in [6.07, 6.45) is 1.99. The van der Waals surface area contributed by atoms with Crippen LogP contribution in [0.4, 0.5) is 11.9 Å². The number of rotatable bonds is 9. The topological polar surface area (TPSA) is 53.9 Å². The molecular formula is C14H27N5S2. The van der Waals surface area contributed by atoms with Crippen molar-refractivity contribution in [2.45, 2.75) is 45.8 Å². The molecule has 0 amide bonds. The number of thioether (sulfide) groups is 2. The predicted molar refractivity (Wildman–Crippen MR) is 95.5 cm³/mol. The molecule has 1 aromatic heterocycles. The second kappa shape index (κ2) is 9.35. The Morgan fingerprint density at radius 1 is 1.14 bits per heavy atom. The third-order valence-corrected chi connectivity index (χ3v) is 3.97. The van der Waals surface area contributed by atoms with Crippen LogP contribution in [0.2, 0.25) is 0 Å². The van der Waals surface area contributed by atoms with Gasteiger partial charge in [-0.15, -0.1) is 11.8 Å². The van der Waals surface area contributed by atoms with Crippen LogP contribution in [0.5, 0.6) is 0 Å². The monoisotopic (exact) mass is 329 g/mol. The van der Waals surface area contributed by atoms with Gasteiger partial charge in [0.2, 0.25) is 11.9 Å². The number of nitrogens with zero attached hydrogens (tertiary/aromatic N) is 4. The molecular weight excluding hydrogens is 302 g/mol. The highest BCUT2D eigenvalue weighted by molar-refractivity contribution is 7.99. The molecule has 21 heavy (non-hydrogen) atoms. The lowest BCUT2D eigenvalue weighted by Gasteiger charge is -2.24. The Hall–Kier alpha value is -0.690. The van der Waals surface area contributed by atoms with Gasteiger partial charge in [-0.1, -0.05) is 32.5 Å². The molecule has 5 nitrogen and oxygen atoms in total. The summed E-state index contributed by atoms with van der Waals surface area (Å²) in [5.41, 5.74) is 0. The summed E-state index contributed by atoms with van der Waals surface area (Å²) in [7, 11) is 0. The Morgan fingerprint density at radius 3 is 2.38 bits per heavy atom. The Labute approximate surface area is 137 Å². The van der Waals surface area contributed by atoms with Gasteiger partial charge in [-0.3, -0.25) is 0 Å². The van der Waals surface area contributed by atoms with E-state index in [1.54, 1.807) is 11.8 Å². The van der Waals surface area contributed by atoms with Gasteiger partial charge in [0, 0.05) is 12.6 Å². The van der Waals surface area contributed by atoms with Crippen LogP contribution in [0.1, 0.15) is 34.6 Å². The van der Waals surface area contributed by atoms with Gasteiger partial charge in [-0.2, -0.15) is 15.0 Å². The van der Waals surface area contributed by atoms with E-state index in [9.17, 15) is 0 Å². The van der Waals surface area contributed by atoms with Crippen molar-refractivity contribution in [3.05, 3.63) is 0 Å². The number of anilines is 2. The third-order valence-electron chi connectivity index (χ3n) is 2.52. The molecule has 0 aliphatic carbocycles. The first-order valence-electron chi connectivity index (χ1n) is 7.35. The lowest BCUT2D eigenvalue weighted by Crippen LogP contribution is -2.30. The first-order chi connectivity index (χ1) is 9.96. The minimum Gasteiger partial charge on any atom is -0.352 e. The second-order valence-corrected chi connectivity index (χ2v) is 7.50. The highest BCUT2D eigenvalue weighted by Crippen LogP contribution is 2.20. The fraction of sp³-hybridized carbons (Fsp3) is 0.786. The number of aromatic nitrogens is 3. The van der Waals surface area contributed by atoms with Crippen LogP contribution in [0, 0.1) is 5.92 Å². The predicted octanol–water partition coefficient (Wildman–Crippen LogP) is 3.59. The van der Waals surface area contributed by atoms with Crippen molar-refractivity contribution in [1.29, 1.82) is 0 Å². The van der Waals surface area contributed by atoms with Crippen LogP contribution >= 0.6 is 23.5 Å². The van der Waals surface area contributed by atoms with Gasteiger partial charge < -0.3 is 10.2 Å². The molecule has 0 bridgehead atoms. The van der Waals surface area contributed by atoms with Crippen molar-refractivity contribution in [3.8, 4) is 0 Å². The Kier molecular flexibility index (Phi) is 8.18. The molecule has 0 atom stereocenters. The average molecular weight is 330 g/mol. The molecule has 0 aliphatic heterocycles. The second-order valence-electron chi connectivity index (χ2n) is 5.48. The highest BCUT2D eigenvalue weighted by Gasteiger charge is 2.15. The van der Waals surface area contributed by atoms with E-state index in [1.165, 1.54) is 0 Å². The first kappa shape index (κ1) is 18.4. The molecule has 120 valence electrons. The van der Waals surface area contributed by atoms with E-state index >= 15 is 0 Å². The van der Waals surface area contributed by atoms with Gasteiger partial charge in [0.25, 0.3) is 0 Å². The third kappa shape index (κ3) is 6.74. The van der Waals surface area contributed by atoms with Crippen LogP contribution in [0.15, 0.2) is 5.16 Å². The van der Waals surface area contributed by atoms with Crippen molar-refractivity contribution < 1.29 is 0 Å². The van der Waals surface area contributed by atoms with E-state index in [-0.39, 0.29) is 0 Å². The summed E-state index contributed by atoms with van der Waals surface area (Å²) < 4.78 is 0. The highest BCUT2D eigenvalue weighted by atomic mass is 32.2. The Balaban J connectivity index is 3.03. The van der Waals surface area contributed by atoms with Crippen LogP contribution < -0.4 is 10.2 Å². The largest absolute Gasteiger partial charge is 0.352 e. The lowest BCUT2D eigenvalue weighted by molar-refractivity contribution is 0.621. The van der Waals surface area contributed by atoms with Crippen molar-refractivity contribution in [2.75, 3.05) is 34.6 Å². The molecule has 0 unspecified atom stereocenters. The average Bonchev–Trinajstić information content (AvgIpc) is 2.41. The minimum absolute atomic E-state index is 0.304. The summed E-state index contributed by atoms with van der Waals surface area (Å²) in [6, 6.07) is 0.304. The van der Waals surface area contributed by atoms with Gasteiger partial charge in [0.1, 0.15) is 0 Å². The van der Waals surface area contributed by atoms with Crippen molar-refractivity contribution in [1.82, 2.24) is 15.0 Å². The van der Waals surface area contributed by atoms with Gasteiger partial charge in [-0.05, 0) is 31.8 Å². The van der Waals surface area contributed by atoms with E-state index < -0.39 is 0 Å². The van der Waals surface area contributed by atoms with Crippen molar-refractivity contribution in [3.63, 3.8) is 0 Å². The maximum Gasteiger partial charge on any atom is 0.231 e. The zero-order valence-corrected chi connectivity index (χ0v) is 15.5. The fourth-order valence-corrected chi connectivity index (χ4v) is 2.71. The summed E-state index contributed by atoms with van der Waals surface area (Å²) in [6.45, 7) is 11.7. The Morgan fingerprint density at radius 2 is 1.86 bits per heavy atom. The van der Waals surface area contributed by atoms with E-state index in [1.807, 2.05) is 18.0 Å². The fourth-order valence-electron chi connectivity index (χ4n) is 1.74. The maximum atomic E-state index is 4.59. The van der Waals surface area contributed by atoms with Crippen LogP contribution in [0.25, 0.3) is 0 Å². The summed E-state index contributed by atoms with van der Waals surface area (Å²) in [5.74, 6) is 4.00. The van der Waals surface area contributed by atoms with Gasteiger partial charge >= 0.3 is 0 Å². The van der Waals surface area contributed by atoms with E-state index in [0.29, 0.717) is 17.9 Å². The zero-order valence-electron chi connectivity index (χ0n) is 13.9. The Bertz CT molecular complexity index is 426. The summed E-state index contributed by atoms with van der Waals surface area (Å²) in [5, 5.41) is 4.04. The molecule has 0 radical (unpaired) electrons. The van der Waals surface area contributed by atoms with Crippen LogP contribution in [-0.4, -0.2) is 45.4 Å². The molecule has 1 aromatic rings. The lowest BCUT2D eigenvalue weighted by atomic mass is 10.2. The molecule has 0 saturated carbocycles. The number of hydrogen-bond acceptors (Lipinski definition) is 7. The van der Waals surface area contributed by atoms with E-state index in [2.05, 4.69) is 59.8 Å². The van der Waals surface area contributed by atoms with Crippen LogP contribution in [0.3, 0.4) is 0 Å². The van der Waals surface area contributed by atoms with Gasteiger partial charge in [0.15, 0.2) is 5.16 Å². The molecule has 0 aliphatic rings. The standard InChI is InChI=1S/C14H27N5S2/c1-7-21-9-19(8-10(2)3)13-16-12(15-11(4)5)17-14(18-13)20-6/h10-11H,7-9H2,1-6H3,(H,15,16,17,18). The van der Waals surface area contributed by atoms with Gasteiger partial charge in [-0.25, -0.2) is 0 Å². The van der Waals surface area contributed by atoms with E-state index in [4.69, 9.17) is 0 Å². The summed E-state index contributed by atoms with van der Waals surface area (Å²) in [4.78, 5) is 15.8. The molecule has 0 aromatic carbocycles. The molecule has 0 fully saturated rings. The number of nitrogens with one attached hydrogen (secondary N) is 1. The van der Waals surface area contributed by atoms with Gasteiger partial charge in [0.05, 0.1) is 5.88 Å². The quantitative estimate of drug-likeness (QED) is 0.549. The van der Waals surface area contributed by atoms with Crippen LogP contribution in [-0.2, 0) is 0 Å². The first-order valence-corrected chi connectivity index (χ1v) is 9.73. The minimum atomic E-state index is 0.304. The molecule has 1 N–H and O–H groups in total. The SMILES string of the molecule is CCSCN(CC(C)C)c1nc(NC(C)C)nc(SC)n1. The maximum absolute atomic E-state index is 4.59. The number of hydrogen-bond donors (Lipinski definition) is 1. The molecule has 0 saturated heterocycles. The molecule has 1 rings (SSSR count). The molecule has 0 spiro atoms. The van der Waals surface area contributed by atoms with E-state index in [0.717, 1.165) is 29.3 Å². The smallest absolute Gasteiger partial charge is 0.231 e. The normalized spacial score (nSPS) is 11.2. The molecule has 7 heteroatoms. The zero-order chi connectivity index (χ0) is 15.8. The van der Waals surface area contributed by atoms with Crippen molar-refractivity contribution >= 4 is 35.4 Å². The summed E-state index contributed by atoms with van der Waals surface area (Å²) >= 11 is 3.43. The van der Waals surface area contributed by atoms with Crippen molar-refractivity contribution in [2.24, 2.45) is 5.92 Å².